The molecule has 0 saturated carbocycles. The molecule has 0 unspecified atom stereocenters. The topological polar surface area (TPSA) is 97.0 Å². The van der Waals surface area contributed by atoms with Gasteiger partial charge in [-0.15, -0.1) is 0 Å². The third kappa shape index (κ3) is 5.19. The molecule has 1 fully saturated rings. The Hall–Kier alpha value is -3.75. The molecule has 9 nitrogen and oxygen atoms in total. The van der Waals surface area contributed by atoms with Crippen LogP contribution in [0.3, 0.4) is 0 Å². The molecular weight excluding hydrogens is 424 g/mol. The van der Waals surface area contributed by atoms with E-state index in [1.807, 2.05) is 45.0 Å². The van der Waals surface area contributed by atoms with Gasteiger partial charge >= 0.3 is 12.1 Å². The monoisotopic (exact) mass is 452 g/mol. The number of piperazine rings is 1. The number of hydrogen-bond acceptors (Lipinski definition) is 7. The molecule has 3 heterocycles. The van der Waals surface area contributed by atoms with Gasteiger partial charge in [0.1, 0.15) is 28.3 Å². The number of aromatic amines is 1. The largest absolute Gasteiger partial charge is 0.465 e. The van der Waals surface area contributed by atoms with Gasteiger partial charge in [0.05, 0.1) is 13.3 Å². The number of anilines is 1. The lowest BCUT2D eigenvalue weighted by atomic mass is 10.1. The van der Waals surface area contributed by atoms with E-state index >= 15 is 0 Å². The highest BCUT2D eigenvalue weighted by Crippen LogP contribution is 2.32. The fourth-order valence-electron chi connectivity index (χ4n) is 3.65. The van der Waals surface area contributed by atoms with Crippen molar-refractivity contribution in [2.75, 3.05) is 38.2 Å². The van der Waals surface area contributed by atoms with Crippen LogP contribution in [0.4, 0.5) is 10.5 Å². The fraction of sp³-hybridized carbons (Fsp3) is 0.375. The Balaban J connectivity index is 1.52. The number of methoxy groups -OCH3 is 1. The second kappa shape index (κ2) is 9.01. The summed E-state index contributed by atoms with van der Waals surface area (Å²) < 4.78 is 16.5. The number of amides is 1. The number of aromatic nitrogens is 2. The van der Waals surface area contributed by atoms with Gasteiger partial charge in [0.2, 0.25) is 0 Å². The molecule has 2 aromatic heterocycles. The van der Waals surface area contributed by atoms with Crippen LogP contribution in [0.2, 0.25) is 0 Å². The first kappa shape index (κ1) is 22.4. The van der Waals surface area contributed by atoms with E-state index in [9.17, 15) is 9.59 Å². The maximum Gasteiger partial charge on any atom is 0.410 e. The van der Waals surface area contributed by atoms with E-state index in [0.29, 0.717) is 43.2 Å². The van der Waals surface area contributed by atoms with E-state index in [1.165, 1.54) is 7.11 Å². The normalized spacial score (nSPS) is 14.3. The summed E-state index contributed by atoms with van der Waals surface area (Å²) in [6.07, 6.45) is 3.10. The number of carbonyl (C=O) groups excluding carboxylic acids is 2. The third-order valence-electron chi connectivity index (χ3n) is 5.27. The highest BCUT2D eigenvalue weighted by Gasteiger charge is 2.26. The van der Waals surface area contributed by atoms with Crippen molar-refractivity contribution in [1.82, 2.24) is 14.9 Å². The van der Waals surface area contributed by atoms with Crippen LogP contribution in [0.25, 0.3) is 11.0 Å². The van der Waals surface area contributed by atoms with Crippen molar-refractivity contribution in [3.05, 3.63) is 48.3 Å². The molecule has 1 aliphatic heterocycles. The Morgan fingerprint density at radius 1 is 1.06 bits per heavy atom. The zero-order chi connectivity index (χ0) is 23.6. The van der Waals surface area contributed by atoms with Gasteiger partial charge in [-0.1, -0.05) is 0 Å². The molecule has 1 amide bonds. The molecule has 9 heteroatoms. The van der Waals surface area contributed by atoms with Crippen LogP contribution in [0.15, 0.2) is 42.7 Å². The molecule has 1 aromatic carbocycles. The first-order chi connectivity index (χ1) is 15.7. The number of esters is 1. The van der Waals surface area contributed by atoms with Crippen LogP contribution in [-0.2, 0) is 9.47 Å². The van der Waals surface area contributed by atoms with Crippen molar-refractivity contribution in [2.24, 2.45) is 0 Å². The number of nitrogens with zero attached hydrogens (tertiary/aromatic N) is 3. The van der Waals surface area contributed by atoms with Gasteiger partial charge in [-0.3, -0.25) is 0 Å². The van der Waals surface area contributed by atoms with Crippen molar-refractivity contribution in [3.8, 4) is 11.5 Å². The molecule has 33 heavy (non-hydrogen) atoms. The lowest BCUT2D eigenvalue weighted by Crippen LogP contribution is -2.50. The maximum absolute atomic E-state index is 12.3. The third-order valence-corrected chi connectivity index (χ3v) is 5.27. The number of carbonyl (C=O) groups is 2. The molecule has 1 saturated heterocycles. The van der Waals surface area contributed by atoms with Crippen molar-refractivity contribution in [2.45, 2.75) is 26.4 Å². The maximum atomic E-state index is 12.3. The molecular formula is C24H28N4O5. The molecule has 1 N–H and O–H groups in total. The smallest absolute Gasteiger partial charge is 0.410 e. The molecule has 0 radical (unpaired) electrons. The Bertz CT molecular complexity index is 1160. The van der Waals surface area contributed by atoms with E-state index in [2.05, 4.69) is 14.9 Å². The molecule has 0 spiro atoms. The summed E-state index contributed by atoms with van der Waals surface area (Å²) in [6, 6.07) is 9.12. The van der Waals surface area contributed by atoms with Crippen LogP contribution in [-0.4, -0.2) is 65.8 Å². The van der Waals surface area contributed by atoms with Gasteiger partial charge in [-0.2, -0.15) is 0 Å². The Labute approximate surface area is 192 Å². The number of fused-ring (bicyclic) bond motifs is 1. The molecule has 4 rings (SSSR count). The lowest BCUT2D eigenvalue weighted by Gasteiger charge is -2.36. The van der Waals surface area contributed by atoms with Crippen molar-refractivity contribution < 1.29 is 23.8 Å². The summed E-state index contributed by atoms with van der Waals surface area (Å²) >= 11 is 0. The summed E-state index contributed by atoms with van der Waals surface area (Å²) in [5.41, 5.74) is 1.44. The average Bonchev–Trinajstić information content (AvgIpc) is 3.25. The Morgan fingerprint density at radius 2 is 1.82 bits per heavy atom. The van der Waals surface area contributed by atoms with E-state index in [1.54, 1.807) is 23.4 Å². The van der Waals surface area contributed by atoms with E-state index in [-0.39, 0.29) is 6.09 Å². The standard InChI is InChI=1S/C24H28N4O5/c1-24(2,3)33-23(30)28-11-9-27(10-12-28)17-5-6-19(22(29)31-4)20(14-17)32-18-13-16-7-8-25-21(16)26-15-18/h5-8,13-15H,9-12H2,1-4H3,(H,25,26). The summed E-state index contributed by atoms with van der Waals surface area (Å²) in [5.74, 6) is 0.409. The number of benzene rings is 1. The summed E-state index contributed by atoms with van der Waals surface area (Å²) in [4.78, 5) is 35.9. The van der Waals surface area contributed by atoms with Crippen LogP contribution in [0.1, 0.15) is 31.1 Å². The number of nitrogens with one attached hydrogen (secondary N) is 1. The molecule has 0 aliphatic carbocycles. The molecule has 0 atom stereocenters. The van der Waals surface area contributed by atoms with Gasteiger partial charge in [0.15, 0.2) is 0 Å². The van der Waals surface area contributed by atoms with E-state index in [0.717, 1.165) is 16.7 Å². The predicted octanol–water partition coefficient (Wildman–Crippen LogP) is 4.20. The first-order valence-electron chi connectivity index (χ1n) is 10.8. The summed E-state index contributed by atoms with van der Waals surface area (Å²) in [6.45, 7) is 7.91. The van der Waals surface area contributed by atoms with E-state index in [4.69, 9.17) is 14.2 Å². The minimum Gasteiger partial charge on any atom is -0.465 e. The van der Waals surface area contributed by atoms with Crippen LogP contribution in [0.5, 0.6) is 11.5 Å². The lowest BCUT2D eigenvalue weighted by molar-refractivity contribution is 0.0240. The van der Waals surface area contributed by atoms with E-state index < -0.39 is 11.6 Å². The summed E-state index contributed by atoms with van der Waals surface area (Å²) in [5, 5.41) is 0.904. The first-order valence-corrected chi connectivity index (χ1v) is 10.8. The zero-order valence-electron chi connectivity index (χ0n) is 19.3. The highest BCUT2D eigenvalue weighted by molar-refractivity contribution is 5.93. The molecule has 174 valence electrons. The SMILES string of the molecule is COC(=O)c1ccc(N2CCN(C(=O)OC(C)(C)C)CC2)cc1Oc1cnc2[nH]ccc2c1. The number of rotatable bonds is 4. The van der Waals surface area contributed by atoms with Crippen LogP contribution in [0, 0.1) is 0 Å². The molecule has 3 aromatic rings. The van der Waals surface area contributed by atoms with Gasteiger partial charge in [0.25, 0.3) is 0 Å². The minimum atomic E-state index is -0.525. The van der Waals surface area contributed by atoms with Crippen molar-refractivity contribution >= 4 is 28.8 Å². The number of ether oxygens (including phenoxy) is 3. The van der Waals surface area contributed by atoms with Gasteiger partial charge in [-0.05, 0) is 45.0 Å². The predicted molar refractivity (Wildman–Crippen MR) is 124 cm³/mol. The van der Waals surface area contributed by atoms with Crippen molar-refractivity contribution in [3.63, 3.8) is 0 Å². The van der Waals surface area contributed by atoms with Crippen molar-refractivity contribution in [1.29, 1.82) is 0 Å². The molecule has 0 bridgehead atoms. The fourth-order valence-corrected chi connectivity index (χ4v) is 3.65. The summed E-state index contributed by atoms with van der Waals surface area (Å²) in [7, 11) is 1.34. The van der Waals surface area contributed by atoms with Gasteiger partial charge in [-0.25, -0.2) is 14.6 Å². The quantitative estimate of drug-likeness (QED) is 0.593. The number of pyridine rings is 1. The second-order valence-electron chi connectivity index (χ2n) is 8.82. The van der Waals surface area contributed by atoms with Crippen LogP contribution < -0.4 is 9.64 Å². The van der Waals surface area contributed by atoms with Gasteiger partial charge in [0, 0.05) is 49.5 Å². The number of H-pyrrole nitrogens is 1. The second-order valence-corrected chi connectivity index (χ2v) is 8.82. The Morgan fingerprint density at radius 3 is 2.52 bits per heavy atom. The van der Waals surface area contributed by atoms with Gasteiger partial charge < -0.3 is 29.0 Å². The van der Waals surface area contributed by atoms with Crippen LogP contribution >= 0.6 is 0 Å². The number of hydrogen-bond donors (Lipinski definition) is 1. The minimum absolute atomic E-state index is 0.306. The average molecular weight is 453 g/mol. The molecule has 1 aliphatic rings. The zero-order valence-corrected chi connectivity index (χ0v) is 19.3. The highest BCUT2D eigenvalue weighted by atomic mass is 16.6. The Kier molecular flexibility index (Phi) is 6.13.